The van der Waals surface area contributed by atoms with Crippen molar-refractivity contribution in [2.75, 3.05) is 27.4 Å². The molecule has 0 radical (unpaired) electrons. The molecule has 4 rings (SSSR count). The fourth-order valence-electron chi connectivity index (χ4n) is 3.70. The summed E-state index contributed by atoms with van der Waals surface area (Å²) in [5.74, 6) is 0.336. The number of benzene rings is 2. The van der Waals surface area contributed by atoms with Gasteiger partial charge in [0, 0.05) is 18.4 Å². The van der Waals surface area contributed by atoms with Crippen LogP contribution in [0.5, 0.6) is 11.5 Å². The van der Waals surface area contributed by atoms with Gasteiger partial charge < -0.3 is 24.4 Å². The number of aromatic nitrogens is 2. The highest BCUT2D eigenvalue weighted by Gasteiger charge is 2.36. The fourth-order valence-corrected chi connectivity index (χ4v) is 3.70. The maximum absolute atomic E-state index is 13.3. The monoisotopic (exact) mass is 454 g/mol. The van der Waals surface area contributed by atoms with Gasteiger partial charge in [0.25, 0.3) is 5.89 Å². The number of aromatic hydroxyl groups is 1. The Morgan fingerprint density at radius 2 is 1.97 bits per heavy atom. The molecule has 0 bridgehead atoms. The average Bonchev–Trinajstić information content (AvgIpc) is 3.28. The molecular weight excluding hydrogens is 431 g/mol. The number of phenolic OH excluding ortho intramolecular Hbond substituents is 1. The van der Waals surface area contributed by atoms with Crippen molar-refractivity contribution in [3.63, 3.8) is 0 Å². The van der Waals surface area contributed by atoms with Crippen LogP contribution < -0.4 is 10.1 Å². The number of allylic oxidation sites excluding steroid dienone is 1. The van der Waals surface area contributed by atoms with Gasteiger partial charge in [-0.2, -0.15) is 4.98 Å². The summed E-state index contributed by atoms with van der Waals surface area (Å²) < 4.78 is 29.1. The van der Waals surface area contributed by atoms with Gasteiger partial charge >= 0.3 is 6.03 Å². The molecule has 9 nitrogen and oxygen atoms in total. The Morgan fingerprint density at radius 1 is 1.21 bits per heavy atom. The highest BCUT2D eigenvalue weighted by atomic mass is 19.1. The number of nitrogens with zero attached hydrogens (tertiary/aromatic N) is 3. The number of methoxy groups -OCH3 is 2. The zero-order valence-corrected chi connectivity index (χ0v) is 18.3. The SMILES string of the molecule is COCCN1C(=O)NC(c2ccc(OC)c(O)c2)C(c2nc(-c3ccc(F)cc3)no2)=C1C. The third-order valence-corrected chi connectivity index (χ3v) is 5.41. The normalized spacial score (nSPS) is 16.2. The van der Waals surface area contributed by atoms with E-state index >= 15 is 0 Å². The third kappa shape index (κ3) is 4.37. The first kappa shape index (κ1) is 22.3. The van der Waals surface area contributed by atoms with Crippen LogP contribution in [0, 0.1) is 5.82 Å². The Kier molecular flexibility index (Phi) is 6.27. The first-order valence-corrected chi connectivity index (χ1v) is 10.2. The fraction of sp³-hybridized carbons (Fsp3) is 0.261. The lowest BCUT2D eigenvalue weighted by molar-refractivity contribution is 0.158. The lowest BCUT2D eigenvalue weighted by atomic mass is 9.94. The van der Waals surface area contributed by atoms with Crippen LogP contribution in [0.3, 0.4) is 0 Å². The van der Waals surface area contributed by atoms with Crippen molar-refractivity contribution >= 4 is 11.6 Å². The van der Waals surface area contributed by atoms with Crippen molar-refractivity contribution in [2.45, 2.75) is 13.0 Å². The zero-order valence-electron chi connectivity index (χ0n) is 18.3. The van der Waals surface area contributed by atoms with Crippen LogP contribution in [0.15, 0.2) is 52.7 Å². The van der Waals surface area contributed by atoms with Crippen LogP contribution >= 0.6 is 0 Å². The Labute approximate surface area is 189 Å². The summed E-state index contributed by atoms with van der Waals surface area (Å²) in [4.78, 5) is 18.9. The molecule has 0 fully saturated rings. The predicted molar refractivity (Wildman–Crippen MR) is 117 cm³/mol. The number of ether oxygens (including phenoxy) is 2. The van der Waals surface area contributed by atoms with E-state index in [0.29, 0.717) is 41.3 Å². The van der Waals surface area contributed by atoms with Crippen molar-refractivity contribution in [3.05, 3.63) is 65.4 Å². The Bertz CT molecular complexity index is 1190. The van der Waals surface area contributed by atoms with Gasteiger partial charge in [-0.05, 0) is 48.9 Å². The topological polar surface area (TPSA) is 110 Å². The lowest BCUT2D eigenvalue weighted by Gasteiger charge is -2.35. The van der Waals surface area contributed by atoms with E-state index < -0.39 is 6.04 Å². The molecule has 2 amide bonds. The van der Waals surface area contributed by atoms with Crippen molar-refractivity contribution in [1.29, 1.82) is 0 Å². The minimum absolute atomic E-state index is 0.0689. The molecule has 1 atom stereocenters. The molecule has 0 spiro atoms. The second-order valence-electron chi connectivity index (χ2n) is 7.39. The van der Waals surface area contributed by atoms with Gasteiger partial charge in [-0.1, -0.05) is 11.2 Å². The molecule has 0 aliphatic carbocycles. The summed E-state index contributed by atoms with van der Waals surface area (Å²) in [6.07, 6.45) is 0. The number of halogens is 1. The molecule has 0 saturated heterocycles. The van der Waals surface area contributed by atoms with E-state index in [0.717, 1.165) is 0 Å². The quantitative estimate of drug-likeness (QED) is 0.560. The van der Waals surface area contributed by atoms with E-state index in [1.54, 1.807) is 38.3 Å². The van der Waals surface area contributed by atoms with Crippen LogP contribution in [-0.4, -0.2) is 53.5 Å². The summed E-state index contributed by atoms with van der Waals surface area (Å²) in [6, 6.07) is 9.59. The number of hydrogen-bond donors (Lipinski definition) is 2. The van der Waals surface area contributed by atoms with Gasteiger partial charge in [0.05, 0.1) is 31.9 Å². The first-order valence-electron chi connectivity index (χ1n) is 10.2. The molecule has 2 N–H and O–H groups in total. The molecule has 3 aromatic rings. The van der Waals surface area contributed by atoms with Gasteiger partial charge in [0.2, 0.25) is 5.82 Å². The van der Waals surface area contributed by atoms with Crippen molar-refractivity contribution in [2.24, 2.45) is 0 Å². The maximum atomic E-state index is 13.3. The number of carbonyl (C=O) groups excluding carboxylic acids is 1. The van der Waals surface area contributed by atoms with Crippen molar-refractivity contribution in [1.82, 2.24) is 20.4 Å². The van der Waals surface area contributed by atoms with Crippen LogP contribution in [0.25, 0.3) is 17.0 Å². The number of phenols is 1. The first-order chi connectivity index (χ1) is 15.9. The smallest absolute Gasteiger partial charge is 0.322 e. The van der Waals surface area contributed by atoms with Crippen LogP contribution in [0.2, 0.25) is 0 Å². The molecule has 33 heavy (non-hydrogen) atoms. The van der Waals surface area contributed by atoms with Crippen molar-refractivity contribution in [3.8, 4) is 22.9 Å². The Hall–Kier alpha value is -3.92. The molecule has 0 saturated carbocycles. The summed E-state index contributed by atoms with van der Waals surface area (Å²) >= 11 is 0. The highest BCUT2D eigenvalue weighted by Crippen LogP contribution is 2.39. The molecule has 1 unspecified atom stereocenters. The van der Waals surface area contributed by atoms with Gasteiger partial charge in [-0.25, -0.2) is 9.18 Å². The van der Waals surface area contributed by atoms with Gasteiger partial charge in [0.15, 0.2) is 11.5 Å². The second kappa shape index (κ2) is 9.29. The van der Waals surface area contributed by atoms with Gasteiger partial charge in [-0.3, -0.25) is 4.90 Å². The molecule has 172 valence electrons. The second-order valence-corrected chi connectivity index (χ2v) is 7.39. The molecule has 1 aliphatic heterocycles. The number of carbonyl (C=O) groups is 1. The highest BCUT2D eigenvalue weighted by molar-refractivity contribution is 5.87. The van der Waals surface area contributed by atoms with E-state index in [1.807, 2.05) is 0 Å². The number of amides is 2. The third-order valence-electron chi connectivity index (χ3n) is 5.41. The van der Waals surface area contributed by atoms with Crippen LogP contribution in [0.4, 0.5) is 9.18 Å². The lowest BCUT2D eigenvalue weighted by Crippen LogP contribution is -2.47. The van der Waals surface area contributed by atoms with Crippen molar-refractivity contribution < 1.29 is 28.3 Å². The molecule has 1 aliphatic rings. The van der Waals surface area contributed by atoms with E-state index in [2.05, 4.69) is 15.5 Å². The van der Waals surface area contributed by atoms with Crippen LogP contribution in [0.1, 0.15) is 24.4 Å². The standard InChI is InChI=1S/C23H23FN4O5/c1-13-19(22-26-21(27-33-22)14-4-7-16(24)8-5-14)20(25-23(30)28(13)10-11-31-2)15-6-9-18(32-3)17(29)12-15/h4-9,12,20,29H,10-11H2,1-3H3,(H,25,30). The van der Waals surface area contributed by atoms with Crippen LogP contribution in [-0.2, 0) is 4.74 Å². The van der Waals surface area contributed by atoms with E-state index in [9.17, 15) is 14.3 Å². The van der Waals surface area contributed by atoms with Gasteiger partial charge in [0.1, 0.15) is 5.82 Å². The molecule has 10 heteroatoms. The number of nitrogens with one attached hydrogen (secondary N) is 1. The van der Waals surface area contributed by atoms with E-state index in [-0.39, 0.29) is 29.3 Å². The zero-order chi connectivity index (χ0) is 23.5. The molecular formula is C23H23FN4O5. The summed E-state index contributed by atoms with van der Waals surface area (Å²) in [7, 11) is 3.01. The summed E-state index contributed by atoms with van der Waals surface area (Å²) in [6.45, 7) is 2.43. The van der Waals surface area contributed by atoms with E-state index in [4.69, 9.17) is 14.0 Å². The minimum atomic E-state index is -0.672. The molecule has 1 aromatic heterocycles. The summed E-state index contributed by atoms with van der Waals surface area (Å²) in [5, 5.41) is 17.3. The predicted octanol–water partition coefficient (Wildman–Crippen LogP) is 3.73. The number of hydrogen-bond acceptors (Lipinski definition) is 7. The Morgan fingerprint density at radius 3 is 2.64 bits per heavy atom. The maximum Gasteiger partial charge on any atom is 0.322 e. The van der Waals surface area contributed by atoms with E-state index in [1.165, 1.54) is 30.2 Å². The largest absolute Gasteiger partial charge is 0.504 e. The van der Waals surface area contributed by atoms with Gasteiger partial charge in [-0.15, -0.1) is 0 Å². The molecule has 2 heterocycles. The number of urea groups is 1. The summed E-state index contributed by atoms with van der Waals surface area (Å²) in [5.41, 5.74) is 2.35. The molecule has 2 aromatic carbocycles. The average molecular weight is 454 g/mol. The minimum Gasteiger partial charge on any atom is -0.504 e. The number of rotatable bonds is 7. The Balaban J connectivity index is 1.80.